The fraction of sp³-hybridized carbons (Fsp3) is 0.158. The number of amides is 2. The number of carbonyl (C=O) groups excluding carboxylic acids is 1. The monoisotopic (exact) mass is 377 g/mol. The first-order valence-electron chi connectivity index (χ1n) is 8.77. The second-order valence-electron chi connectivity index (χ2n) is 6.00. The number of nitrogens with one attached hydrogen (secondary N) is 3. The molecule has 0 aliphatic rings. The molecular formula is C19H19N7O2. The standard InChI is InChI=1S/C19H19N7O2/c1-3-20-19(27)25-18-23-14-9-13(12-5-6-16(28-2)21-11-12)10-15(17(14)24-18)26-8-4-7-22-26/h4-11H,3H2,1-2H3,(H3,20,23,24,25,27). The molecule has 142 valence electrons. The van der Waals surface area contributed by atoms with Crippen molar-refractivity contribution in [2.24, 2.45) is 0 Å². The molecule has 9 heteroatoms. The lowest BCUT2D eigenvalue weighted by Crippen LogP contribution is -2.28. The molecule has 1 aromatic carbocycles. The lowest BCUT2D eigenvalue weighted by molar-refractivity contribution is 0.252. The molecule has 2 amide bonds. The van der Waals surface area contributed by atoms with Crippen LogP contribution in [0.15, 0.2) is 48.9 Å². The molecule has 0 saturated carbocycles. The van der Waals surface area contributed by atoms with E-state index in [1.54, 1.807) is 24.2 Å². The molecule has 9 nitrogen and oxygen atoms in total. The predicted molar refractivity (Wildman–Crippen MR) is 106 cm³/mol. The van der Waals surface area contributed by atoms with Crippen LogP contribution >= 0.6 is 0 Å². The summed E-state index contributed by atoms with van der Waals surface area (Å²) >= 11 is 0. The van der Waals surface area contributed by atoms with Crippen LogP contribution in [0, 0.1) is 0 Å². The fourth-order valence-corrected chi connectivity index (χ4v) is 2.90. The van der Waals surface area contributed by atoms with Crippen LogP contribution in [-0.2, 0) is 0 Å². The molecule has 4 rings (SSSR count). The third-order valence-corrected chi connectivity index (χ3v) is 4.17. The van der Waals surface area contributed by atoms with Crippen LogP contribution in [0.3, 0.4) is 0 Å². The molecule has 0 atom stereocenters. The van der Waals surface area contributed by atoms with Crippen LogP contribution in [-0.4, -0.2) is 44.4 Å². The molecule has 0 radical (unpaired) electrons. The van der Waals surface area contributed by atoms with Crippen molar-refractivity contribution in [1.82, 2.24) is 30.0 Å². The highest BCUT2D eigenvalue weighted by molar-refractivity contribution is 5.94. The van der Waals surface area contributed by atoms with Gasteiger partial charge in [0.2, 0.25) is 11.8 Å². The Morgan fingerprint density at radius 2 is 2.18 bits per heavy atom. The highest BCUT2D eigenvalue weighted by atomic mass is 16.5. The summed E-state index contributed by atoms with van der Waals surface area (Å²) in [5.41, 5.74) is 4.10. The summed E-state index contributed by atoms with van der Waals surface area (Å²) < 4.78 is 6.87. The number of aromatic amines is 1. The number of benzene rings is 1. The van der Waals surface area contributed by atoms with Gasteiger partial charge in [0.05, 0.1) is 18.3 Å². The number of hydrogen-bond acceptors (Lipinski definition) is 5. The number of rotatable bonds is 5. The number of fused-ring (bicyclic) bond motifs is 1. The average Bonchev–Trinajstić information content (AvgIpc) is 3.37. The van der Waals surface area contributed by atoms with Crippen LogP contribution in [0.1, 0.15) is 6.92 Å². The first-order valence-corrected chi connectivity index (χ1v) is 8.77. The summed E-state index contributed by atoms with van der Waals surface area (Å²) in [5, 5.41) is 9.71. The van der Waals surface area contributed by atoms with Gasteiger partial charge in [-0.3, -0.25) is 5.32 Å². The van der Waals surface area contributed by atoms with E-state index in [4.69, 9.17) is 4.74 Å². The third kappa shape index (κ3) is 3.37. The van der Waals surface area contributed by atoms with Gasteiger partial charge < -0.3 is 15.0 Å². The summed E-state index contributed by atoms with van der Waals surface area (Å²) in [4.78, 5) is 23.8. The van der Waals surface area contributed by atoms with Crippen molar-refractivity contribution in [1.29, 1.82) is 0 Å². The summed E-state index contributed by atoms with van der Waals surface area (Å²) in [6.45, 7) is 2.38. The minimum absolute atomic E-state index is 0.318. The molecule has 0 unspecified atom stereocenters. The van der Waals surface area contributed by atoms with E-state index in [0.29, 0.717) is 23.9 Å². The SMILES string of the molecule is CCNC(=O)Nc1nc2c(-n3cccn3)cc(-c3ccc(OC)nc3)cc2[nH]1. The fourth-order valence-electron chi connectivity index (χ4n) is 2.90. The molecule has 4 aromatic rings. The second-order valence-corrected chi connectivity index (χ2v) is 6.00. The van der Waals surface area contributed by atoms with Crippen LogP contribution < -0.4 is 15.4 Å². The number of urea groups is 1. The van der Waals surface area contributed by atoms with E-state index in [0.717, 1.165) is 22.3 Å². The molecule has 28 heavy (non-hydrogen) atoms. The molecule has 0 aliphatic carbocycles. The Labute approximate surface area is 160 Å². The number of aromatic nitrogens is 5. The maximum absolute atomic E-state index is 11.8. The topological polar surface area (TPSA) is 110 Å². The van der Waals surface area contributed by atoms with Gasteiger partial charge in [-0.2, -0.15) is 5.10 Å². The van der Waals surface area contributed by atoms with Crippen LogP contribution in [0.25, 0.3) is 27.8 Å². The number of hydrogen-bond donors (Lipinski definition) is 3. The number of H-pyrrole nitrogens is 1. The number of ether oxygens (including phenoxy) is 1. The first-order chi connectivity index (χ1) is 13.7. The third-order valence-electron chi connectivity index (χ3n) is 4.17. The van der Waals surface area contributed by atoms with E-state index in [-0.39, 0.29) is 6.03 Å². The number of nitrogens with zero attached hydrogens (tertiary/aromatic N) is 4. The smallest absolute Gasteiger partial charge is 0.321 e. The van der Waals surface area contributed by atoms with Crippen LogP contribution in [0.2, 0.25) is 0 Å². The van der Waals surface area contributed by atoms with Crippen LogP contribution in [0.5, 0.6) is 5.88 Å². The largest absolute Gasteiger partial charge is 0.481 e. The Kier molecular flexibility index (Phi) is 4.63. The summed E-state index contributed by atoms with van der Waals surface area (Å²) in [6, 6.07) is 9.21. The van der Waals surface area contributed by atoms with Crippen molar-refractivity contribution in [2.75, 3.05) is 19.0 Å². The van der Waals surface area contributed by atoms with Crippen molar-refractivity contribution in [3.63, 3.8) is 0 Å². The second kappa shape index (κ2) is 7.39. The van der Waals surface area contributed by atoms with Crippen molar-refractivity contribution >= 4 is 23.0 Å². The lowest BCUT2D eigenvalue weighted by atomic mass is 10.1. The average molecular weight is 377 g/mol. The van der Waals surface area contributed by atoms with Gasteiger partial charge in [0.15, 0.2) is 0 Å². The maximum Gasteiger partial charge on any atom is 0.321 e. The number of pyridine rings is 1. The minimum atomic E-state index is -0.318. The zero-order valence-electron chi connectivity index (χ0n) is 15.4. The molecular weight excluding hydrogens is 358 g/mol. The number of carbonyl (C=O) groups is 1. The maximum atomic E-state index is 11.8. The van der Waals surface area contributed by atoms with E-state index in [2.05, 4.69) is 30.7 Å². The molecule has 0 aliphatic heterocycles. The van der Waals surface area contributed by atoms with E-state index in [9.17, 15) is 4.79 Å². The normalized spacial score (nSPS) is 10.8. The van der Waals surface area contributed by atoms with Crippen molar-refractivity contribution < 1.29 is 9.53 Å². The Balaban J connectivity index is 1.82. The summed E-state index contributed by atoms with van der Waals surface area (Å²) in [7, 11) is 1.58. The Morgan fingerprint density at radius 1 is 1.29 bits per heavy atom. The zero-order chi connectivity index (χ0) is 19.5. The van der Waals surface area contributed by atoms with E-state index >= 15 is 0 Å². The molecule has 0 bridgehead atoms. The summed E-state index contributed by atoms with van der Waals surface area (Å²) in [5.74, 6) is 0.909. The zero-order valence-corrected chi connectivity index (χ0v) is 15.4. The molecule has 0 spiro atoms. The highest BCUT2D eigenvalue weighted by Crippen LogP contribution is 2.30. The van der Waals surface area contributed by atoms with E-state index in [1.807, 2.05) is 43.5 Å². The van der Waals surface area contributed by atoms with E-state index < -0.39 is 0 Å². The molecule has 0 fully saturated rings. The van der Waals surface area contributed by atoms with Gasteiger partial charge in [-0.15, -0.1) is 0 Å². The van der Waals surface area contributed by atoms with Gasteiger partial charge in [0.25, 0.3) is 0 Å². The lowest BCUT2D eigenvalue weighted by Gasteiger charge is -2.08. The van der Waals surface area contributed by atoms with Gasteiger partial charge in [-0.1, -0.05) is 0 Å². The Hall–Kier alpha value is -3.88. The van der Waals surface area contributed by atoms with Crippen LogP contribution in [0.4, 0.5) is 10.7 Å². The molecule has 3 aromatic heterocycles. The molecule has 3 N–H and O–H groups in total. The van der Waals surface area contributed by atoms with Gasteiger partial charge in [0.1, 0.15) is 5.52 Å². The first kappa shape index (κ1) is 17.5. The Bertz CT molecular complexity index is 1100. The highest BCUT2D eigenvalue weighted by Gasteiger charge is 2.14. The number of imidazole rings is 1. The quantitative estimate of drug-likeness (QED) is 0.495. The van der Waals surface area contributed by atoms with Crippen molar-refractivity contribution in [3.05, 3.63) is 48.9 Å². The van der Waals surface area contributed by atoms with E-state index in [1.165, 1.54) is 0 Å². The van der Waals surface area contributed by atoms with Gasteiger partial charge in [-0.05, 0) is 36.8 Å². The number of anilines is 1. The Morgan fingerprint density at radius 3 is 2.86 bits per heavy atom. The minimum Gasteiger partial charge on any atom is -0.481 e. The van der Waals surface area contributed by atoms with Gasteiger partial charge in [-0.25, -0.2) is 19.4 Å². The molecule has 3 heterocycles. The predicted octanol–water partition coefficient (Wildman–Crippen LogP) is 2.96. The van der Waals surface area contributed by atoms with Gasteiger partial charge >= 0.3 is 6.03 Å². The molecule has 0 saturated heterocycles. The summed E-state index contributed by atoms with van der Waals surface area (Å²) in [6.07, 6.45) is 5.29. The van der Waals surface area contributed by atoms with Crippen molar-refractivity contribution in [2.45, 2.75) is 6.92 Å². The van der Waals surface area contributed by atoms with Crippen molar-refractivity contribution in [3.8, 4) is 22.7 Å². The van der Waals surface area contributed by atoms with Gasteiger partial charge in [0, 0.05) is 36.8 Å². The number of methoxy groups -OCH3 is 1.